The van der Waals surface area contributed by atoms with E-state index in [9.17, 15) is 10.1 Å². The molecule has 1 fully saturated rings. The largest absolute Gasteiger partial charge is 0.297 e. The fourth-order valence-electron chi connectivity index (χ4n) is 2.19. The third-order valence-corrected chi connectivity index (χ3v) is 4.22. The first kappa shape index (κ1) is 12.6. The Morgan fingerprint density at radius 1 is 1.47 bits per heavy atom. The predicted octanol–water partition coefficient (Wildman–Crippen LogP) is 3.03. The molecule has 0 saturated heterocycles. The Balaban J connectivity index is 2.72. The van der Waals surface area contributed by atoms with Crippen LogP contribution in [0.5, 0.6) is 0 Å². The summed E-state index contributed by atoms with van der Waals surface area (Å²) in [6.45, 7) is 6.02. The van der Waals surface area contributed by atoms with Crippen molar-refractivity contribution in [3.63, 3.8) is 0 Å². The molecule has 0 aliphatic heterocycles. The highest BCUT2D eigenvalue weighted by Crippen LogP contribution is 2.47. The number of thioether (sulfide) groups is 1. The molecule has 0 heterocycles. The fraction of sp³-hybridized carbons (Fsp3) is 0.833. The summed E-state index contributed by atoms with van der Waals surface area (Å²) in [4.78, 5) is 12.1. The Morgan fingerprint density at radius 3 is 2.53 bits per heavy atom. The average molecular weight is 225 g/mol. The lowest BCUT2D eigenvalue weighted by Gasteiger charge is -2.21. The molecule has 3 heteroatoms. The number of hydrogen-bond donors (Lipinski definition) is 0. The van der Waals surface area contributed by atoms with Gasteiger partial charge in [0.2, 0.25) is 0 Å². The number of hydrogen-bond acceptors (Lipinski definition) is 3. The number of nitriles is 1. The van der Waals surface area contributed by atoms with Gasteiger partial charge in [0.15, 0.2) is 5.78 Å². The molecular weight excluding hydrogens is 206 g/mol. The second kappa shape index (κ2) is 4.57. The van der Waals surface area contributed by atoms with E-state index < -0.39 is 5.41 Å². The van der Waals surface area contributed by atoms with Crippen molar-refractivity contribution in [2.45, 2.75) is 40.0 Å². The molecule has 0 radical (unpaired) electrons. The monoisotopic (exact) mass is 225 g/mol. The predicted molar refractivity (Wildman–Crippen MR) is 63.7 cm³/mol. The van der Waals surface area contributed by atoms with Crippen LogP contribution in [0.1, 0.15) is 40.0 Å². The van der Waals surface area contributed by atoms with Crippen molar-refractivity contribution in [2.24, 2.45) is 10.8 Å². The molecule has 0 spiro atoms. The summed E-state index contributed by atoms with van der Waals surface area (Å²) in [6.07, 6.45) is 2.33. The van der Waals surface area contributed by atoms with Gasteiger partial charge in [-0.15, -0.1) is 0 Å². The topological polar surface area (TPSA) is 40.9 Å². The van der Waals surface area contributed by atoms with Gasteiger partial charge in [-0.2, -0.15) is 17.0 Å². The summed E-state index contributed by atoms with van der Waals surface area (Å²) >= 11 is 1.81. The van der Waals surface area contributed by atoms with E-state index in [0.29, 0.717) is 0 Å². The summed E-state index contributed by atoms with van der Waals surface area (Å²) in [5.74, 6) is 2.14. The van der Waals surface area contributed by atoms with E-state index in [1.165, 1.54) is 0 Å². The minimum absolute atomic E-state index is 0.161. The summed E-state index contributed by atoms with van der Waals surface area (Å²) in [7, 11) is 0. The maximum absolute atomic E-state index is 12.1. The third kappa shape index (κ3) is 2.36. The molecule has 1 aliphatic carbocycles. The quantitative estimate of drug-likeness (QED) is 0.690. The van der Waals surface area contributed by atoms with Crippen LogP contribution in [0, 0.1) is 22.2 Å². The SMILES string of the molecule is CCSCCC1(C#N)CCC(C)(C)C1=O. The van der Waals surface area contributed by atoms with Crippen LogP contribution in [-0.2, 0) is 4.79 Å². The van der Waals surface area contributed by atoms with E-state index >= 15 is 0 Å². The van der Waals surface area contributed by atoms with Crippen LogP contribution in [0.25, 0.3) is 0 Å². The zero-order valence-corrected chi connectivity index (χ0v) is 10.6. The number of nitrogens with zero attached hydrogens (tertiary/aromatic N) is 1. The zero-order chi connectivity index (χ0) is 11.5. The van der Waals surface area contributed by atoms with E-state index in [0.717, 1.165) is 30.8 Å². The van der Waals surface area contributed by atoms with Crippen LogP contribution < -0.4 is 0 Å². The van der Waals surface area contributed by atoms with Gasteiger partial charge in [-0.25, -0.2) is 0 Å². The molecule has 15 heavy (non-hydrogen) atoms. The third-order valence-electron chi connectivity index (χ3n) is 3.32. The molecule has 0 aromatic heterocycles. The van der Waals surface area contributed by atoms with Crippen LogP contribution in [0.3, 0.4) is 0 Å². The van der Waals surface area contributed by atoms with Crippen molar-refractivity contribution in [2.75, 3.05) is 11.5 Å². The van der Waals surface area contributed by atoms with Gasteiger partial charge in [0.25, 0.3) is 0 Å². The van der Waals surface area contributed by atoms with Crippen molar-refractivity contribution in [3.05, 3.63) is 0 Å². The first-order chi connectivity index (χ1) is 6.98. The van der Waals surface area contributed by atoms with Crippen molar-refractivity contribution in [3.8, 4) is 6.07 Å². The molecule has 84 valence electrons. The van der Waals surface area contributed by atoms with Gasteiger partial charge in [-0.3, -0.25) is 4.79 Å². The second-order valence-electron chi connectivity index (χ2n) is 4.85. The van der Waals surface area contributed by atoms with E-state index in [2.05, 4.69) is 13.0 Å². The highest BCUT2D eigenvalue weighted by Gasteiger charge is 2.51. The molecule has 0 bridgehead atoms. The van der Waals surface area contributed by atoms with Gasteiger partial charge in [-0.05, 0) is 30.8 Å². The normalized spacial score (nSPS) is 29.1. The molecule has 1 atom stereocenters. The van der Waals surface area contributed by atoms with Crippen LogP contribution in [0.4, 0.5) is 0 Å². The Morgan fingerprint density at radius 2 is 2.13 bits per heavy atom. The Bertz CT molecular complexity index is 292. The molecule has 0 aromatic carbocycles. The number of rotatable bonds is 4. The Labute approximate surface area is 96.4 Å². The molecule has 0 N–H and O–H groups in total. The van der Waals surface area contributed by atoms with Crippen molar-refractivity contribution in [1.82, 2.24) is 0 Å². The molecule has 1 saturated carbocycles. The van der Waals surface area contributed by atoms with Crippen molar-refractivity contribution < 1.29 is 4.79 Å². The number of carbonyl (C=O) groups excluding carboxylic acids is 1. The van der Waals surface area contributed by atoms with Gasteiger partial charge in [0, 0.05) is 5.41 Å². The maximum Gasteiger partial charge on any atom is 0.158 e. The van der Waals surface area contributed by atoms with Crippen molar-refractivity contribution in [1.29, 1.82) is 5.26 Å². The lowest BCUT2D eigenvalue weighted by atomic mass is 9.79. The second-order valence-corrected chi connectivity index (χ2v) is 6.25. The van der Waals surface area contributed by atoms with Gasteiger partial charge in [-0.1, -0.05) is 20.8 Å². The molecular formula is C12H19NOS. The lowest BCUT2D eigenvalue weighted by molar-refractivity contribution is -0.130. The Hall–Kier alpha value is -0.490. The molecule has 1 unspecified atom stereocenters. The summed E-state index contributed by atoms with van der Waals surface area (Å²) in [5.41, 5.74) is -0.960. The smallest absolute Gasteiger partial charge is 0.158 e. The van der Waals surface area contributed by atoms with E-state index in [1.807, 2.05) is 25.6 Å². The first-order valence-corrected chi connectivity index (χ1v) is 6.68. The number of Topliss-reactive ketones (excluding diaryl/α,β-unsaturated/α-hetero) is 1. The van der Waals surface area contributed by atoms with Gasteiger partial charge >= 0.3 is 0 Å². The van der Waals surface area contributed by atoms with E-state index in [4.69, 9.17) is 0 Å². The number of ketones is 1. The Kier molecular flexibility index (Phi) is 3.83. The van der Waals surface area contributed by atoms with Crippen LogP contribution in [0.2, 0.25) is 0 Å². The average Bonchev–Trinajstić information content (AvgIpc) is 2.43. The molecule has 2 nitrogen and oxygen atoms in total. The van der Waals surface area contributed by atoms with Crippen LogP contribution in [-0.4, -0.2) is 17.3 Å². The molecule has 0 amide bonds. The highest BCUT2D eigenvalue weighted by molar-refractivity contribution is 7.99. The van der Waals surface area contributed by atoms with E-state index in [1.54, 1.807) is 0 Å². The minimum atomic E-state index is -0.675. The fourth-order valence-corrected chi connectivity index (χ4v) is 2.97. The molecule has 1 aliphatic rings. The maximum atomic E-state index is 12.1. The zero-order valence-electron chi connectivity index (χ0n) is 9.80. The number of carbonyl (C=O) groups is 1. The minimum Gasteiger partial charge on any atom is -0.297 e. The standard InChI is InChI=1S/C12H19NOS/c1-4-15-8-7-12(9-13)6-5-11(2,3)10(12)14/h4-8H2,1-3H3. The summed E-state index contributed by atoms with van der Waals surface area (Å²) in [6, 6.07) is 2.28. The van der Waals surface area contributed by atoms with E-state index in [-0.39, 0.29) is 11.2 Å². The van der Waals surface area contributed by atoms with Gasteiger partial charge in [0.1, 0.15) is 5.41 Å². The summed E-state index contributed by atoms with van der Waals surface area (Å²) in [5, 5.41) is 9.24. The molecule has 0 aromatic rings. The lowest BCUT2D eigenvalue weighted by Crippen LogP contribution is -2.31. The first-order valence-electron chi connectivity index (χ1n) is 5.52. The molecule has 1 rings (SSSR count). The van der Waals surface area contributed by atoms with Crippen LogP contribution >= 0.6 is 11.8 Å². The van der Waals surface area contributed by atoms with Crippen LogP contribution in [0.15, 0.2) is 0 Å². The van der Waals surface area contributed by atoms with Crippen molar-refractivity contribution >= 4 is 17.5 Å². The van der Waals surface area contributed by atoms with Gasteiger partial charge in [0.05, 0.1) is 6.07 Å². The highest BCUT2D eigenvalue weighted by atomic mass is 32.2. The summed E-state index contributed by atoms with van der Waals surface area (Å²) < 4.78 is 0. The van der Waals surface area contributed by atoms with Gasteiger partial charge < -0.3 is 0 Å².